The molecule has 0 saturated heterocycles. The van der Waals surface area contributed by atoms with E-state index in [4.69, 9.17) is 40.3 Å². The molecule has 0 amide bonds. The molecule has 0 bridgehead atoms. The van der Waals surface area contributed by atoms with E-state index in [1.54, 1.807) is 10.6 Å². The lowest BCUT2D eigenvalue weighted by Gasteiger charge is -1.33. The van der Waals surface area contributed by atoms with E-state index >= 15 is 0 Å². The van der Waals surface area contributed by atoms with Crippen molar-refractivity contribution < 1.29 is 0 Å². The Kier molecular flexibility index (Phi) is 32600. The van der Waals surface area contributed by atoms with Crippen LogP contribution in [-0.2, 0) is 0 Å². The zero-order chi connectivity index (χ0) is 13.4. The number of hydrogen-bond donors (Lipinski definition) is 4. The first kappa shape index (κ1) is 173. The molecule has 0 spiro atoms. The zero-order valence-corrected chi connectivity index (χ0v) is 6.39. The molecule has 0 aromatic carbocycles. The molecule has 0 fully saturated rings. The van der Waals surface area contributed by atoms with Gasteiger partial charge in [-0.2, -0.15) is 9.81 Å². The molecule has 130 valence electrons. The molecule has 0 rings (SSSR count). The largest absolute Gasteiger partial charge is 0.287 e. The molecule has 0 aromatic heterocycles. The van der Waals surface area contributed by atoms with E-state index in [0.717, 1.165) is 0 Å². The lowest BCUT2D eigenvalue weighted by atomic mass is 12.0. The fourth-order valence-corrected chi connectivity index (χ4v) is 0. The van der Waals surface area contributed by atoms with Crippen LogP contribution in [0.4, 0.5) is 0 Å². The van der Waals surface area contributed by atoms with Crippen LogP contribution in [0.3, 0.4) is 0 Å². The van der Waals surface area contributed by atoms with Gasteiger partial charge in [0, 0.05) is 31.3 Å². The first-order valence-electron chi connectivity index (χ1n) is 1.66. The molecule has 0 radical (unpaired) electrons. The minimum Gasteiger partial charge on any atom is -0.287 e. The summed E-state index contributed by atoms with van der Waals surface area (Å²) in [7, 11) is 0. The maximum absolute atomic E-state index is 8.33. The van der Waals surface area contributed by atoms with Gasteiger partial charge in [-0.15, -0.1) is 9.81 Å². The van der Waals surface area contributed by atoms with Gasteiger partial charge in [0.15, 0.2) is 0 Å². The van der Waals surface area contributed by atoms with Crippen LogP contribution in [0.25, 0.3) is 0 Å². The Balaban J connectivity index is -0.00000000366. The molecule has 0 aliphatic heterocycles. The Morgan fingerprint density at radius 2 is 0.600 bits per heavy atom. The molecule has 0 aliphatic rings. The van der Waals surface area contributed by atoms with Gasteiger partial charge < -0.3 is 0 Å². The summed E-state index contributed by atoms with van der Waals surface area (Å²) in [5.74, 6) is 7.83. The van der Waals surface area contributed by atoms with E-state index in [9.17, 15) is 0 Å². The van der Waals surface area contributed by atoms with Crippen LogP contribution in [0, 0.1) is 51.5 Å². The summed E-state index contributed by atoms with van der Waals surface area (Å²) in [5.41, 5.74) is 9.00. The molecule has 0 saturated carbocycles. The van der Waals surface area contributed by atoms with Crippen LogP contribution in [0.5, 0.6) is 0 Å². The third-order valence-corrected chi connectivity index (χ3v) is 0. The molecule has 20 heavy (non-hydrogen) atoms. The standard InChI is InChI=1S/6CH4.2H2N2O.N2.2HNO.O2/c;;;;;;2*1-2-3;4*1-2/h6*1H4;2*(H2,1,3);;2*1H;. The minimum absolute atomic E-state index is 0. The predicted octanol–water partition coefficient (Wildman–Crippen LogP) is 3.83. The quantitative estimate of drug-likeness (QED) is 0.217. The number of nitroso groups, excluding NO2 is 4. The highest BCUT2D eigenvalue weighted by molar-refractivity contribution is 4.07. The summed E-state index contributed by atoms with van der Waals surface area (Å²) >= 11 is 0. The maximum atomic E-state index is 8.33. The van der Waals surface area contributed by atoms with E-state index in [0.29, 0.717) is 0 Å². The average Bonchev–Trinajstić information content (AvgIpc) is 2.31. The van der Waals surface area contributed by atoms with E-state index in [1.807, 2.05) is 0 Å². The van der Waals surface area contributed by atoms with Crippen molar-refractivity contribution in [1.29, 1.82) is 22.0 Å². The molecule has 0 unspecified atom stereocenters. The zero-order valence-electron chi connectivity index (χ0n) is 6.39. The van der Waals surface area contributed by atoms with Crippen LogP contribution in [0.1, 0.15) is 44.6 Å². The van der Waals surface area contributed by atoms with Crippen molar-refractivity contribution >= 4 is 0 Å². The molecule has 6 N–H and O–H groups in total. The second kappa shape index (κ2) is 3760. The van der Waals surface area contributed by atoms with Crippen molar-refractivity contribution in [2.24, 2.45) is 22.3 Å². The van der Waals surface area contributed by atoms with Gasteiger partial charge in [0.2, 0.25) is 0 Å². The Bertz CT molecular complexity index is 97.9. The van der Waals surface area contributed by atoms with E-state index in [2.05, 4.69) is 22.9 Å². The van der Waals surface area contributed by atoms with Gasteiger partial charge in [0.05, 0.1) is 0 Å². The van der Waals surface area contributed by atoms with Crippen molar-refractivity contribution in [3.8, 4) is 0 Å². The van der Waals surface area contributed by atoms with Crippen molar-refractivity contribution in [2.45, 2.75) is 44.6 Å². The third-order valence-electron chi connectivity index (χ3n) is 0. The summed E-state index contributed by atoms with van der Waals surface area (Å²) in [5, 5.41) is 15.5. The summed E-state index contributed by atoms with van der Waals surface area (Å²) in [6, 6.07) is 0. The Morgan fingerprint density at radius 3 is 0.600 bits per heavy atom. The number of hydrogen-bond acceptors (Lipinski definition) is 12. The topological polar surface area (TPSA) is 274 Å². The number of nitrogens with one attached hydrogen (secondary N) is 2. The van der Waals surface area contributed by atoms with Gasteiger partial charge in [-0.05, 0) is 0 Å². The number of rotatable bonds is 0. The molecular weight excluding hydrogens is 280 g/mol. The third kappa shape index (κ3) is 332. The summed E-state index contributed by atoms with van der Waals surface area (Å²) in [6.07, 6.45) is 0. The highest BCUT2D eigenvalue weighted by atomic mass is 16.7. The predicted molar refractivity (Wildman–Crippen MR) is 82.7 cm³/mol. The van der Waals surface area contributed by atoms with E-state index in [-0.39, 0.29) is 44.6 Å². The Hall–Kier alpha value is -2.98. The molecule has 14 heteroatoms. The molecular formula is C6H30N8O6. The fourth-order valence-electron chi connectivity index (χ4n) is 0. The second-order valence-electron chi connectivity index (χ2n) is 0.211. The molecule has 0 heterocycles. The molecule has 0 aromatic rings. The van der Waals surface area contributed by atoms with Crippen molar-refractivity contribution in [3.05, 3.63) is 29.6 Å². The maximum Gasteiger partial charge on any atom is 0.0468 e. The van der Waals surface area contributed by atoms with Crippen LogP contribution in [0.15, 0.2) is 10.6 Å². The number of nitrogens with zero attached hydrogens (tertiary/aromatic N) is 4. The monoisotopic (exact) mass is 310 g/mol. The van der Waals surface area contributed by atoms with Crippen molar-refractivity contribution in [2.75, 3.05) is 0 Å². The molecule has 0 atom stereocenters. The van der Waals surface area contributed by atoms with Gasteiger partial charge in [-0.25, -0.2) is 0 Å². The Morgan fingerprint density at radius 1 is 0.600 bits per heavy atom. The lowest BCUT2D eigenvalue weighted by Crippen LogP contribution is -1.66. The van der Waals surface area contributed by atoms with Gasteiger partial charge in [-0.1, -0.05) is 55.7 Å². The average molecular weight is 310 g/mol. The van der Waals surface area contributed by atoms with Crippen molar-refractivity contribution in [3.63, 3.8) is 0 Å². The minimum atomic E-state index is 0. The van der Waals surface area contributed by atoms with Crippen LogP contribution < -0.4 is 11.7 Å². The first-order valence-corrected chi connectivity index (χ1v) is 1.66. The molecule has 0 aliphatic carbocycles. The second-order valence-corrected chi connectivity index (χ2v) is 0.211. The van der Waals surface area contributed by atoms with Crippen LogP contribution >= 0.6 is 0 Å². The van der Waals surface area contributed by atoms with E-state index < -0.39 is 0 Å². The van der Waals surface area contributed by atoms with Crippen molar-refractivity contribution in [1.82, 2.24) is 0 Å². The van der Waals surface area contributed by atoms with Gasteiger partial charge in [0.1, 0.15) is 0 Å². The highest BCUT2D eigenvalue weighted by Crippen LogP contribution is 1.12. The van der Waals surface area contributed by atoms with Gasteiger partial charge >= 0.3 is 0 Å². The van der Waals surface area contributed by atoms with E-state index in [1.165, 1.54) is 0 Å². The molecule has 14 nitrogen and oxygen atoms in total. The fraction of sp³-hybridized carbons (Fsp3) is 1.00. The summed E-state index contributed by atoms with van der Waals surface area (Å²) in [6.45, 7) is 0. The van der Waals surface area contributed by atoms with Crippen LogP contribution in [-0.4, -0.2) is 0 Å². The van der Waals surface area contributed by atoms with Gasteiger partial charge in [0.25, 0.3) is 0 Å². The van der Waals surface area contributed by atoms with Gasteiger partial charge in [-0.3, -0.25) is 11.7 Å². The summed E-state index contributed by atoms with van der Waals surface area (Å²) < 4.78 is 0. The normalized spacial score (nSPS) is 1.90. The SMILES string of the molecule is C.C.C.C.C.C.N#N.N=O.N=O.NN=O.NN=O.O=O. The summed E-state index contributed by atoms with van der Waals surface area (Å²) in [4.78, 5) is 45.7. The van der Waals surface area contributed by atoms with Crippen LogP contribution in [0.2, 0.25) is 0 Å². The lowest BCUT2D eigenvalue weighted by molar-refractivity contribution is 1.15. The Labute approximate surface area is 119 Å². The smallest absolute Gasteiger partial charge is 0.0468 e. The number of nitrogens with two attached hydrogens (primary N) is 2. The highest BCUT2D eigenvalue weighted by Gasteiger charge is 1.14. The first-order chi connectivity index (χ1) is 6.83.